The van der Waals surface area contributed by atoms with Gasteiger partial charge in [0.2, 0.25) is 0 Å². The van der Waals surface area contributed by atoms with Gasteiger partial charge in [-0.15, -0.1) is 0 Å². The molecule has 0 spiro atoms. The summed E-state index contributed by atoms with van der Waals surface area (Å²) in [5.74, 6) is 0.0623. The number of hydrogen-bond acceptors (Lipinski definition) is 1. The first-order chi connectivity index (χ1) is 11.6. The third-order valence-corrected chi connectivity index (χ3v) is 5.49. The summed E-state index contributed by atoms with van der Waals surface area (Å²) in [7, 11) is 0. The lowest BCUT2D eigenvalue weighted by atomic mass is 9.96. The van der Waals surface area contributed by atoms with Gasteiger partial charge in [0.15, 0.2) is 0 Å². The van der Waals surface area contributed by atoms with Gasteiger partial charge in [0.1, 0.15) is 5.69 Å². The van der Waals surface area contributed by atoms with Gasteiger partial charge in [-0.3, -0.25) is 4.79 Å². The molecule has 130 valence electrons. The maximum absolute atomic E-state index is 13.0. The van der Waals surface area contributed by atoms with E-state index in [4.69, 9.17) is 11.6 Å². The Bertz CT molecular complexity index is 727. The summed E-state index contributed by atoms with van der Waals surface area (Å²) < 4.78 is 2.11. The van der Waals surface area contributed by atoms with Crippen LogP contribution in [0.25, 0.3) is 10.9 Å². The van der Waals surface area contributed by atoms with Gasteiger partial charge in [-0.25, -0.2) is 0 Å². The van der Waals surface area contributed by atoms with Gasteiger partial charge in [0, 0.05) is 28.5 Å². The van der Waals surface area contributed by atoms with Crippen LogP contribution in [0.15, 0.2) is 18.2 Å². The first kappa shape index (κ1) is 17.3. The zero-order valence-corrected chi connectivity index (χ0v) is 15.5. The molecule has 0 bridgehead atoms. The molecule has 1 aliphatic carbocycles. The molecular formula is C20H27ClN2O. The van der Waals surface area contributed by atoms with Gasteiger partial charge < -0.3 is 9.88 Å². The van der Waals surface area contributed by atoms with Crippen LogP contribution in [0.4, 0.5) is 0 Å². The number of benzene rings is 1. The standard InChI is InChI=1S/C20H27ClN2O/c1-3-23-18-12-11-15(21)13-17(18)14(2)19(23)20(24)22-16-9-7-5-4-6-8-10-16/h11-13,16H,3-10H2,1-2H3,(H,22,24). The normalized spacial score (nSPS) is 16.8. The summed E-state index contributed by atoms with van der Waals surface area (Å²) in [6.07, 6.45) is 8.56. The molecule has 24 heavy (non-hydrogen) atoms. The molecule has 1 aromatic heterocycles. The number of aromatic nitrogens is 1. The summed E-state index contributed by atoms with van der Waals surface area (Å²) in [6, 6.07) is 6.18. The lowest BCUT2D eigenvalue weighted by Crippen LogP contribution is -2.36. The molecule has 2 aromatic rings. The van der Waals surface area contributed by atoms with Crippen LogP contribution in [-0.2, 0) is 6.54 Å². The van der Waals surface area contributed by atoms with Crippen LogP contribution in [-0.4, -0.2) is 16.5 Å². The second-order valence-electron chi connectivity index (χ2n) is 6.89. The van der Waals surface area contributed by atoms with E-state index in [-0.39, 0.29) is 5.91 Å². The van der Waals surface area contributed by atoms with E-state index in [0.29, 0.717) is 11.1 Å². The molecule has 0 atom stereocenters. The van der Waals surface area contributed by atoms with Gasteiger partial charge in [0.05, 0.1) is 0 Å². The first-order valence-electron chi connectivity index (χ1n) is 9.21. The zero-order chi connectivity index (χ0) is 17.1. The molecular weight excluding hydrogens is 320 g/mol. The Labute approximate surface area is 149 Å². The van der Waals surface area contributed by atoms with E-state index in [1.165, 1.54) is 32.1 Å². The highest BCUT2D eigenvalue weighted by atomic mass is 35.5. The Morgan fingerprint density at radius 1 is 1.21 bits per heavy atom. The van der Waals surface area contributed by atoms with Gasteiger partial charge in [-0.05, 0) is 50.5 Å². The summed E-state index contributed by atoms with van der Waals surface area (Å²) in [6.45, 7) is 4.89. The number of hydrogen-bond donors (Lipinski definition) is 1. The number of carbonyl (C=O) groups is 1. The molecule has 3 rings (SSSR count). The average molecular weight is 347 g/mol. The molecule has 0 saturated heterocycles. The van der Waals surface area contributed by atoms with Crippen LogP contribution in [0.2, 0.25) is 5.02 Å². The van der Waals surface area contributed by atoms with Crippen LogP contribution in [0.5, 0.6) is 0 Å². The fraction of sp³-hybridized carbons (Fsp3) is 0.550. The highest BCUT2D eigenvalue weighted by molar-refractivity contribution is 6.31. The van der Waals surface area contributed by atoms with E-state index < -0.39 is 0 Å². The predicted octanol–water partition coefficient (Wildman–Crippen LogP) is 5.47. The average Bonchev–Trinajstić information content (AvgIpc) is 2.81. The maximum Gasteiger partial charge on any atom is 0.268 e. The molecule has 0 radical (unpaired) electrons. The number of halogens is 1. The van der Waals surface area contributed by atoms with E-state index >= 15 is 0 Å². The molecule has 1 aliphatic rings. The molecule has 1 fully saturated rings. The van der Waals surface area contributed by atoms with Crippen LogP contribution in [0.1, 0.15) is 67.9 Å². The maximum atomic E-state index is 13.0. The first-order valence-corrected chi connectivity index (χ1v) is 9.58. The molecule has 1 heterocycles. The summed E-state index contributed by atoms with van der Waals surface area (Å²) in [4.78, 5) is 13.0. The van der Waals surface area contributed by atoms with Crippen molar-refractivity contribution in [2.45, 2.75) is 71.4 Å². The lowest BCUT2D eigenvalue weighted by molar-refractivity contribution is 0.0921. The quantitative estimate of drug-likeness (QED) is 0.786. The molecule has 3 nitrogen and oxygen atoms in total. The Morgan fingerprint density at radius 3 is 2.54 bits per heavy atom. The van der Waals surface area contributed by atoms with Crippen molar-refractivity contribution >= 4 is 28.4 Å². The molecule has 0 unspecified atom stereocenters. The minimum Gasteiger partial charge on any atom is -0.348 e. The van der Waals surface area contributed by atoms with Crippen molar-refractivity contribution in [3.8, 4) is 0 Å². The molecule has 1 amide bonds. The number of carbonyl (C=O) groups excluding carboxylic acids is 1. The number of amides is 1. The Morgan fingerprint density at radius 2 is 1.88 bits per heavy atom. The van der Waals surface area contributed by atoms with Gasteiger partial charge in [-0.1, -0.05) is 43.7 Å². The second-order valence-corrected chi connectivity index (χ2v) is 7.33. The third-order valence-electron chi connectivity index (χ3n) is 5.25. The van der Waals surface area contributed by atoms with E-state index in [0.717, 1.165) is 41.5 Å². The van der Waals surface area contributed by atoms with Crippen molar-refractivity contribution in [1.82, 2.24) is 9.88 Å². The van der Waals surface area contributed by atoms with Gasteiger partial charge >= 0.3 is 0 Å². The number of nitrogens with one attached hydrogen (secondary N) is 1. The monoisotopic (exact) mass is 346 g/mol. The predicted molar refractivity (Wildman–Crippen MR) is 101 cm³/mol. The Kier molecular flexibility index (Phi) is 5.50. The number of rotatable bonds is 3. The van der Waals surface area contributed by atoms with E-state index in [1.807, 2.05) is 25.1 Å². The van der Waals surface area contributed by atoms with Crippen molar-refractivity contribution < 1.29 is 4.79 Å². The SMILES string of the molecule is CCn1c(C(=O)NC2CCCCCCC2)c(C)c2cc(Cl)ccc21. The van der Waals surface area contributed by atoms with Crippen molar-refractivity contribution in [2.24, 2.45) is 0 Å². The Balaban J connectivity index is 1.89. The minimum absolute atomic E-state index is 0.0623. The van der Waals surface area contributed by atoms with Crippen molar-refractivity contribution in [3.63, 3.8) is 0 Å². The number of fused-ring (bicyclic) bond motifs is 1. The van der Waals surface area contributed by atoms with E-state index in [2.05, 4.69) is 16.8 Å². The van der Waals surface area contributed by atoms with Crippen LogP contribution >= 0.6 is 11.6 Å². The molecule has 0 aliphatic heterocycles. The number of nitrogens with zero attached hydrogens (tertiary/aromatic N) is 1. The molecule has 1 saturated carbocycles. The third kappa shape index (κ3) is 3.46. The Hall–Kier alpha value is -1.48. The molecule has 4 heteroatoms. The number of aryl methyl sites for hydroxylation is 2. The summed E-state index contributed by atoms with van der Waals surface area (Å²) in [5, 5.41) is 5.09. The summed E-state index contributed by atoms with van der Waals surface area (Å²) in [5.41, 5.74) is 2.90. The fourth-order valence-corrected chi connectivity index (χ4v) is 4.14. The lowest BCUT2D eigenvalue weighted by Gasteiger charge is -2.21. The highest BCUT2D eigenvalue weighted by Gasteiger charge is 2.22. The van der Waals surface area contributed by atoms with E-state index in [9.17, 15) is 4.79 Å². The van der Waals surface area contributed by atoms with Crippen LogP contribution < -0.4 is 5.32 Å². The summed E-state index contributed by atoms with van der Waals surface area (Å²) >= 11 is 6.15. The minimum atomic E-state index is 0.0623. The molecule has 1 aromatic carbocycles. The fourth-order valence-electron chi connectivity index (χ4n) is 3.97. The largest absolute Gasteiger partial charge is 0.348 e. The van der Waals surface area contributed by atoms with E-state index in [1.54, 1.807) is 0 Å². The van der Waals surface area contributed by atoms with Gasteiger partial charge in [-0.2, -0.15) is 0 Å². The molecule has 1 N–H and O–H groups in total. The second kappa shape index (κ2) is 7.60. The van der Waals surface area contributed by atoms with Crippen molar-refractivity contribution in [2.75, 3.05) is 0 Å². The van der Waals surface area contributed by atoms with Crippen LogP contribution in [0, 0.1) is 6.92 Å². The highest BCUT2D eigenvalue weighted by Crippen LogP contribution is 2.28. The zero-order valence-electron chi connectivity index (χ0n) is 14.7. The van der Waals surface area contributed by atoms with Gasteiger partial charge in [0.25, 0.3) is 5.91 Å². The van der Waals surface area contributed by atoms with Crippen LogP contribution in [0.3, 0.4) is 0 Å². The smallest absolute Gasteiger partial charge is 0.268 e. The van der Waals surface area contributed by atoms with Crippen molar-refractivity contribution in [1.29, 1.82) is 0 Å². The topological polar surface area (TPSA) is 34.0 Å². The van der Waals surface area contributed by atoms with Crippen molar-refractivity contribution in [3.05, 3.63) is 34.5 Å².